The van der Waals surface area contributed by atoms with Crippen LogP contribution in [-0.4, -0.2) is 32.4 Å². The minimum absolute atomic E-state index is 0.174. The molecule has 8 heteroatoms. The normalized spacial score (nSPS) is 19.4. The molecule has 3 aromatic rings. The van der Waals surface area contributed by atoms with Crippen LogP contribution in [0.3, 0.4) is 0 Å². The summed E-state index contributed by atoms with van der Waals surface area (Å²) >= 11 is 0. The van der Waals surface area contributed by atoms with Gasteiger partial charge in [0, 0.05) is 19.0 Å². The van der Waals surface area contributed by atoms with Crippen molar-refractivity contribution in [2.24, 2.45) is 7.05 Å². The summed E-state index contributed by atoms with van der Waals surface area (Å²) in [6.07, 6.45) is 2.71. The number of benzene rings is 1. The van der Waals surface area contributed by atoms with Crippen LogP contribution >= 0.6 is 0 Å². The summed E-state index contributed by atoms with van der Waals surface area (Å²) in [5, 5.41) is 8.58. The van der Waals surface area contributed by atoms with E-state index >= 15 is 0 Å². The summed E-state index contributed by atoms with van der Waals surface area (Å²) < 4.78 is 30.5. The predicted molar refractivity (Wildman–Crippen MR) is 88.9 cm³/mol. The predicted octanol–water partition coefficient (Wildman–Crippen LogP) is 3.24. The van der Waals surface area contributed by atoms with Gasteiger partial charge in [-0.3, -0.25) is 4.68 Å². The van der Waals surface area contributed by atoms with E-state index < -0.39 is 6.61 Å². The minimum atomic E-state index is -2.80. The Hall–Kier alpha value is -2.77. The Morgan fingerprint density at radius 2 is 2.00 bits per heavy atom. The van der Waals surface area contributed by atoms with Crippen LogP contribution in [0.5, 0.6) is 5.75 Å². The monoisotopic (exact) mass is 345 g/mol. The SMILES string of the molecule is Cc1nc(N[C@@H]2C[C@H]2c2ccc(OC(F)F)cc2)c2cnn(C)c2n1. The highest BCUT2D eigenvalue weighted by molar-refractivity contribution is 5.86. The smallest absolute Gasteiger partial charge is 0.387 e. The zero-order valence-corrected chi connectivity index (χ0v) is 13.8. The Labute approximate surface area is 142 Å². The fourth-order valence-corrected chi connectivity index (χ4v) is 3.04. The summed E-state index contributed by atoms with van der Waals surface area (Å²) in [5.74, 6) is 1.96. The van der Waals surface area contributed by atoms with Gasteiger partial charge in [-0.05, 0) is 31.0 Å². The number of hydrogen-bond donors (Lipinski definition) is 1. The zero-order valence-electron chi connectivity index (χ0n) is 13.8. The molecule has 25 heavy (non-hydrogen) atoms. The molecule has 1 saturated carbocycles. The van der Waals surface area contributed by atoms with Gasteiger partial charge in [0.25, 0.3) is 0 Å². The number of ether oxygens (including phenoxy) is 1. The van der Waals surface area contributed by atoms with Crippen LogP contribution in [0.1, 0.15) is 23.7 Å². The lowest BCUT2D eigenvalue weighted by Crippen LogP contribution is -2.08. The van der Waals surface area contributed by atoms with Crippen molar-refractivity contribution >= 4 is 16.9 Å². The highest BCUT2D eigenvalue weighted by atomic mass is 19.3. The average molecular weight is 345 g/mol. The number of rotatable bonds is 5. The fourth-order valence-electron chi connectivity index (χ4n) is 3.04. The number of fused-ring (bicyclic) bond motifs is 1. The maximum absolute atomic E-state index is 12.2. The van der Waals surface area contributed by atoms with E-state index in [0.717, 1.165) is 28.8 Å². The topological polar surface area (TPSA) is 64.9 Å². The first-order chi connectivity index (χ1) is 12.0. The van der Waals surface area contributed by atoms with Gasteiger partial charge >= 0.3 is 6.61 Å². The molecule has 0 bridgehead atoms. The molecule has 0 spiro atoms. The van der Waals surface area contributed by atoms with Gasteiger partial charge < -0.3 is 10.1 Å². The molecule has 0 aliphatic heterocycles. The molecule has 0 unspecified atom stereocenters. The van der Waals surface area contributed by atoms with Gasteiger partial charge in [0.15, 0.2) is 5.65 Å². The second-order valence-electron chi connectivity index (χ2n) is 6.17. The molecule has 130 valence electrons. The van der Waals surface area contributed by atoms with Crippen molar-refractivity contribution in [3.63, 3.8) is 0 Å². The lowest BCUT2D eigenvalue weighted by Gasteiger charge is -2.08. The summed E-state index contributed by atoms with van der Waals surface area (Å²) in [5.41, 5.74) is 1.88. The highest BCUT2D eigenvalue weighted by Gasteiger charge is 2.39. The number of nitrogens with zero attached hydrogens (tertiary/aromatic N) is 4. The van der Waals surface area contributed by atoms with Crippen molar-refractivity contribution in [2.45, 2.75) is 31.9 Å². The molecule has 0 amide bonds. The van der Waals surface area contributed by atoms with Crippen LogP contribution < -0.4 is 10.1 Å². The van der Waals surface area contributed by atoms with Gasteiger partial charge in [0.05, 0.1) is 11.6 Å². The molecule has 4 rings (SSSR count). The van der Waals surface area contributed by atoms with Crippen LogP contribution in [-0.2, 0) is 7.05 Å². The van der Waals surface area contributed by atoms with Crippen molar-refractivity contribution in [2.75, 3.05) is 5.32 Å². The number of aromatic nitrogens is 4. The van der Waals surface area contributed by atoms with Crippen molar-refractivity contribution in [3.8, 4) is 5.75 Å². The number of nitrogens with one attached hydrogen (secondary N) is 1. The molecule has 1 aliphatic carbocycles. The molecule has 0 radical (unpaired) electrons. The first-order valence-corrected chi connectivity index (χ1v) is 7.99. The van der Waals surface area contributed by atoms with Gasteiger partial charge in [-0.25, -0.2) is 9.97 Å². The van der Waals surface area contributed by atoms with E-state index in [2.05, 4.69) is 25.1 Å². The Kier molecular flexibility index (Phi) is 3.74. The molecular weight excluding hydrogens is 328 g/mol. The van der Waals surface area contributed by atoms with Gasteiger partial charge in [-0.15, -0.1) is 0 Å². The largest absolute Gasteiger partial charge is 0.435 e. The standard InChI is InChI=1S/C17H17F2N5O/c1-9-21-15(13-8-20-24(2)16(13)22-9)23-14-7-12(14)10-3-5-11(6-4-10)25-17(18)19/h3-6,8,12,14,17H,7H2,1-2H3,(H,21,22,23)/t12-,14+/m0/s1. The fraction of sp³-hybridized carbons (Fsp3) is 0.353. The van der Waals surface area contributed by atoms with Crippen LogP contribution in [0.25, 0.3) is 11.0 Å². The van der Waals surface area contributed by atoms with Crippen molar-refractivity contribution < 1.29 is 13.5 Å². The third-order valence-electron chi connectivity index (χ3n) is 4.35. The van der Waals surface area contributed by atoms with Crippen LogP contribution in [0, 0.1) is 6.92 Å². The average Bonchev–Trinajstić information content (AvgIpc) is 3.23. The summed E-state index contributed by atoms with van der Waals surface area (Å²) in [7, 11) is 1.85. The number of halogens is 2. The summed E-state index contributed by atoms with van der Waals surface area (Å²) in [4.78, 5) is 8.90. The Bertz CT molecular complexity index is 909. The number of hydrogen-bond acceptors (Lipinski definition) is 5. The number of alkyl halides is 2. The van der Waals surface area contributed by atoms with E-state index in [4.69, 9.17) is 0 Å². The summed E-state index contributed by atoms with van der Waals surface area (Å²) in [6, 6.07) is 7.06. The maximum atomic E-state index is 12.2. The lowest BCUT2D eigenvalue weighted by molar-refractivity contribution is -0.0498. The Morgan fingerprint density at radius 3 is 2.72 bits per heavy atom. The van der Waals surface area contributed by atoms with Gasteiger partial charge in [0.2, 0.25) is 0 Å². The molecule has 1 aliphatic rings. The van der Waals surface area contributed by atoms with E-state index in [0.29, 0.717) is 11.7 Å². The van der Waals surface area contributed by atoms with Crippen molar-refractivity contribution in [3.05, 3.63) is 41.9 Å². The minimum Gasteiger partial charge on any atom is -0.435 e. The number of aryl methyl sites for hydroxylation is 2. The molecule has 2 atom stereocenters. The van der Waals surface area contributed by atoms with Crippen LogP contribution in [0.15, 0.2) is 30.5 Å². The molecule has 0 saturated heterocycles. The maximum Gasteiger partial charge on any atom is 0.387 e. The quantitative estimate of drug-likeness (QED) is 0.769. The van der Waals surface area contributed by atoms with E-state index in [1.54, 1.807) is 23.0 Å². The van der Waals surface area contributed by atoms with E-state index in [1.165, 1.54) is 0 Å². The highest BCUT2D eigenvalue weighted by Crippen LogP contribution is 2.43. The van der Waals surface area contributed by atoms with E-state index in [9.17, 15) is 8.78 Å². The van der Waals surface area contributed by atoms with Crippen LogP contribution in [0.2, 0.25) is 0 Å². The second-order valence-corrected chi connectivity index (χ2v) is 6.17. The Morgan fingerprint density at radius 1 is 1.24 bits per heavy atom. The van der Waals surface area contributed by atoms with Crippen molar-refractivity contribution in [1.82, 2.24) is 19.7 Å². The zero-order chi connectivity index (χ0) is 17.6. The third-order valence-corrected chi connectivity index (χ3v) is 4.35. The van der Waals surface area contributed by atoms with E-state index in [1.807, 2.05) is 26.1 Å². The first-order valence-electron chi connectivity index (χ1n) is 7.99. The third kappa shape index (κ3) is 3.11. The molecule has 2 aromatic heterocycles. The van der Waals surface area contributed by atoms with E-state index in [-0.39, 0.29) is 11.8 Å². The lowest BCUT2D eigenvalue weighted by atomic mass is 10.1. The number of anilines is 1. The van der Waals surface area contributed by atoms with Gasteiger partial charge in [-0.2, -0.15) is 13.9 Å². The van der Waals surface area contributed by atoms with Crippen LogP contribution in [0.4, 0.5) is 14.6 Å². The molecule has 6 nitrogen and oxygen atoms in total. The summed E-state index contributed by atoms with van der Waals surface area (Å²) in [6.45, 7) is -0.951. The molecule has 1 fully saturated rings. The molecular formula is C17H17F2N5O. The van der Waals surface area contributed by atoms with Crippen molar-refractivity contribution in [1.29, 1.82) is 0 Å². The Balaban J connectivity index is 1.49. The molecule has 2 heterocycles. The van der Waals surface area contributed by atoms with Gasteiger partial charge in [-0.1, -0.05) is 12.1 Å². The molecule has 1 aromatic carbocycles. The first kappa shape index (κ1) is 15.7. The second kappa shape index (κ2) is 5.94. The van der Waals surface area contributed by atoms with Gasteiger partial charge in [0.1, 0.15) is 17.4 Å². The molecule has 1 N–H and O–H groups in total.